The molecular weight excluding hydrogens is 242 g/mol. The first-order valence-corrected chi connectivity index (χ1v) is 6.27. The molecule has 0 radical (unpaired) electrons. The number of rotatable bonds is 2. The number of aryl methyl sites for hydroxylation is 2. The molecule has 0 aromatic carbocycles. The average molecular weight is 256 g/mol. The predicted molar refractivity (Wildman–Crippen MR) is 68.3 cm³/mol. The third kappa shape index (κ3) is 1.90. The van der Waals surface area contributed by atoms with Crippen LogP contribution in [0.1, 0.15) is 33.6 Å². The highest BCUT2D eigenvalue weighted by Gasteiger charge is 2.20. The lowest BCUT2D eigenvalue weighted by molar-refractivity contribution is 0.498. The van der Waals surface area contributed by atoms with E-state index in [2.05, 4.69) is 0 Å². The summed E-state index contributed by atoms with van der Waals surface area (Å²) in [5.41, 5.74) is 8.45. The van der Waals surface area contributed by atoms with Gasteiger partial charge in [0, 0.05) is 10.4 Å². The third-order valence-corrected chi connectivity index (χ3v) is 4.14. The molecule has 2 aromatic heterocycles. The molecule has 2 N–H and O–H groups in total. The van der Waals surface area contributed by atoms with Gasteiger partial charge in [0.15, 0.2) is 0 Å². The summed E-state index contributed by atoms with van der Waals surface area (Å²) in [7, 11) is 0. The van der Waals surface area contributed by atoms with Crippen molar-refractivity contribution in [3.05, 3.63) is 44.0 Å². The summed E-state index contributed by atoms with van der Waals surface area (Å²) >= 11 is 7.43. The zero-order chi connectivity index (χ0) is 11.9. The van der Waals surface area contributed by atoms with E-state index < -0.39 is 0 Å². The second-order valence-corrected chi connectivity index (χ2v) is 5.62. The van der Waals surface area contributed by atoms with Gasteiger partial charge in [-0.15, -0.1) is 11.3 Å². The highest BCUT2D eigenvalue weighted by Crippen LogP contribution is 2.34. The molecular formula is C12H14ClNOS. The lowest BCUT2D eigenvalue weighted by atomic mass is 10.0. The second-order valence-electron chi connectivity index (χ2n) is 3.87. The van der Waals surface area contributed by atoms with Crippen LogP contribution in [0.25, 0.3) is 0 Å². The van der Waals surface area contributed by atoms with E-state index in [4.69, 9.17) is 21.8 Å². The van der Waals surface area contributed by atoms with E-state index >= 15 is 0 Å². The Bertz CT molecular complexity index is 515. The van der Waals surface area contributed by atoms with Crippen molar-refractivity contribution in [2.45, 2.75) is 26.8 Å². The van der Waals surface area contributed by atoms with Crippen LogP contribution in [-0.2, 0) is 0 Å². The van der Waals surface area contributed by atoms with Crippen molar-refractivity contribution in [1.29, 1.82) is 0 Å². The predicted octanol–water partition coefficient (Wildman–Crippen LogP) is 3.97. The maximum Gasteiger partial charge on any atom is 0.106 e. The SMILES string of the molecule is Cc1oc(C)c(C(N)c2ccc(Cl)s2)c1C. The molecule has 0 aliphatic rings. The summed E-state index contributed by atoms with van der Waals surface area (Å²) in [4.78, 5) is 1.07. The zero-order valence-corrected chi connectivity index (χ0v) is 11.1. The van der Waals surface area contributed by atoms with E-state index in [0.717, 1.165) is 31.9 Å². The molecule has 0 amide bonds. The lowest BCUT2D eigenvalue weighted by Crippen LogP contribution is -2.11. The van der Waals surface area contributed by atoms with E-state index in [1.54, 1.807) is 0 Å². The van der Waals surface area contributed by atoms with E-state index in [0.29, 0.717) is 0 Å². The molecule has 0 spiro atoms. The molecule has 2 heterocycles. The number of thiophene rings is 1. The van der Waals surface area contributed by atoms with Crippen LogP contribution in [0.2, 0.25) is 4.34 Å². The number of hydrogen-bond donors (Lipinski definition) is 1. The molecule has 0 saturated heterocycles. The minimum absolute atomic E-state index is 0.144. The Morgan fingerprint density at radius 1 is 1.25 bits per heavy atom. The van der Waals surface area contributed by atoms with Gasteiger partial charge in [-0.05, 0) is 38.5 Å². The first-order chi connectivity index (χ1) is 7.50. The van der Waals surface area contributed by atoms with Gasteiger partial charge in [0.05, 0.1) is 10.4 Å². The average Bonchev–Trinajstić information content (AvgIpc) is 2.73. The van der Waals surface area contributed by atoms with Gasteiger partial charge in [0.1, 0.15) is 11.5 Å². The first kappa shape index (κ1) is 11.7. The Kier molecular flexibility index (Phi) is 3.10. The van der Waals surface area contributed by atoms with Gasteiger partial charge in [-0.25, -0.2) is 0 Å². The number of nitrogens with two attached hydrogens (primary N) is 1. The number of hydrogen-bond acceptors (Lipinski definition) is 3. The second kappa shape index (κ2) is 4.24. The van der Waals surface area contributed by atoms with Crippen molar-refractivity contribution in [2.24, 2.45) is 5.73 Å². The smallest absolute Gasteiger partial charge is 0.106 e. The highest BCUT2D eigenvalue weighted by molar-refractivity contribution is 7.16. The quantitative estimate of drug-likeness (QED) is 0.882. The van der Waals surface area contributed by atoms with Crippen LogP contribution in [0.15, 0.2) is 16.5 Å². The molecule has 4 heteroatoms. The summed E-state index contributed by atoms with van der Waals surface area (Å²) in [5.74, 6) is 1.83. The monoisotopic (exact) mass is 255 g/mol. The van der Waals surface area contributed by atoms with Crippen molar-refractivity contribution in [3.63, 3.8) is 0 Å². The molecule has 0 saturated carbocycles. The summed E-state index contributed by atoms with van der Waals surface area (Å²) < 4.78 is 6.35. The normalized spacial score (nSPS) is 13.1. The van der Waals surface area contributed by atoms with Crippen LogP contribution >= 0.6 is 22.9 Å². The summed E-state index contributed by atoms with van der Waals surface area (Å²) in [6.07, 6.45) is 0. The fourth-order valence-electron chi connectivity index (χ4n) is 1.90. The zero-order valence-electron chi connectivity index (χ0n) is 9.50. The molecule has 0 bridgehead atoms. The fourth-order valence-corrected chi connectivity index (χ4v) is 2.98. The molecule has 16 heavy (non-hydrogen) atoms. The van der Waals surface area contributed by atoms with Gasteiger partial charge in [-0.2, -0.15) is 0 Å². The maximum atomic E-state index is 6.24. The molecule has 0 aliphatic heterocycles. The molecule has 0 aliphatic carbocycles. The standard InChI is InChI=1S/C12H14ClNOS/c1-6-7(2)15-8(3)11(6)12(14)9-4-5-10(13)16-9/h4-5,12H,14H2,1-3H3. The van der Waals surface area contributed by atoms with Crippen LogP contribution < -0.4 is 5.73 Å². The third-order valence-electron chi connectivity index (χ3n) is 2.83. The van der Waals surface area contributed by atoms with Crippen molar-refractivity contribution < 1.29 is 4.42 Å². The van der Waals surface area contributed by atoms with Crippen molar-refractivity contribution >= 4 is 22.9 Å². The van der Waals surface area contributed by atoms with E-state index in [1.807, 2.05) is 32.9 Å². The van der Waals surface area contributed by atoms with Gasteiger partial charge in [-0.3, -0.25) is 0 Å². The highest BCUT2D eigenvalue weighted by atomic mass is 35.5. The molecule has 2 aromatic rings. The van der Waals surface area contributed by atoms with Gasteiger partial charge < -0.3 is 10.2 Å². The minimum atomic E-state index is -0.144. The van der Waals surface area contributed by atoms with Crippen LogP contribution in [0.5, 0.6) is 0 Å². The Morgan fingerprint density at radius 2 is 1.94 bits per heavy atom. The molecule has 2 nitrogen and oxygen atoms in total. The van der Waals surface area contributed by atoms with Crippen molar-refractivity contribution in [3.8, 4) is 0 Å². The molecule has 1 atom stereocenters. The van der Waals surface area contributed by atoms with E-state index in [-0.39, 0.29) is 6.04 Å². The topological polar surface area (TPSA) is 39.2 Å². The minimum Gasteiger partial charge on any atom is -0.466 e. The molecule has 2 rings (SSSR count). The van der Waals surface area contributed by atoms with Crippen molar-refractivity contribution in [2.75, 3.05) is 0 Å². The maximum absolute atomic E-state index is 6.24. The van der Waals surface area contributed by atoms with Crippen LogP contribution in [0.4, 0.5) is 0 Å². The number of halogens is 1. The Morgan fingerprint density at radius 3 is 2.38 bits per heavy atom. The Hall–Kier alpha value is -0.770. The largest absolute Gasteiger partial charge is 0.466 e. The Balaban J connectivity index is 2.44. The Labute approximate surface area is 104 Å². The summed E-state index contributed by atoms with van der Waals surface area (Å²) in [5, 5.41) is 0. The summed E-state index contributed by atoms with van der Waals surface area (Å²) in [6.45, 7) is 5.95. The van der Waals surface area contributed by atoms with E-state index in [9.17, 15) is 0 Å². The van der Waals surface area contributed by atoms with Gasteiger partial charge in [-0.1, -0.05) is 11.6 Å². The molecule has 86 valence electrons. The number of furan rings is 1. The van der Waals surface area contributed by atoms with Crippen molar-refractivity contribution in [1.82, 2.24) is 0 Å². The summed E-state index contributed by atoms with van der Waals surface area (Å²) in [6, 6.07) is 3.70. The van der Waals surface area contributed by atoms with Crippen LogP contribution in [0, 0.1) is 20.8 Å². The van der Waals surface area contributed by atoms with Gasteiger partial charge in [0.2, 0.25) is 0 Å². The van der Waals surface area contributed by atoms with Gasteiger partial charge >= 0.3 is 0 Å². The lowest BCUT2D eigenvalue weighted by Gasteiger charge is -2.09. The van der Waals surface area contributed by atoms with Crippen LogP contribution in [0.3, 0.4) is 0 Å². The van der Waals surface area contributed by atoms with Gasteiger partial charge in [0.25, 0.3) is 0 Å². The van der Waals surface area contributed by atoms with E-state index in [1.165, 1.54) is 11.3 Å². The fraction of sp³-hybridized carbons (Fsp3) is 0.333. The van der Waals surface area contributed by atoms with Crippen LogP contribution in [-0.4, -0.2) is 0 Å². The molecule has 1 unspecified atom stereocenters. The molecule has 0 fully saturated rings. The first-order valence-electron chi connectivity index (χ1n) is 5.08.